The van der Waals surface area contributed by atoms with E-state index < -0.39 is 59.9 Å². The topological polar surface area (TPSA) is 210 Å². The van der Waals surface area contributed by atoms with Crippen LogP contribution in [0.15, 0.2) is 48.7 Å². The molecule has 0 aliphatic carbocycles. The minimum atomic E-state index is -1.49. The molecule has 0 spiro atoms. The highest BCUT2D eigenvalue weighted by Gasteiger charge is 2.43. The van der Waals surface area contributed by atoms with Crippen LogP contribution >= 0.6 is 0 Å². The number of tetrazole rings is 1. The Labute approximate surface area is 277 Å². The quantitative estimate of drug-likeness (QED) is 0.193. The van der Waals surface area contributed by atoms with Crippen molar-refractivity contribution in [2.45, 2.75) is 90.8 Å². The van der Waals surface area contributed by atoms with Crippen LogP contribution in [0.4, 0.5) is 10.6 Å². The Hall–Kier alpha value is -5.41. The summed E-state index contributed by atoms with van der Waals surface area (Å²) in [6.07, 6.45) is 0.723. The Morgan fingerprint density at radius 2 is 1.81 bits per heavy atom. The summed E-state index contributed by atoms with van der Waals surface area (Å²) < 4.78 is 10.8. The molecular formula is C32H41N9O7. The number of anilines is 1. The standard InChI is InChI=1S/C32H41N9O7/c1-6-19(2)26(36-31(46)48-32(3,4)5)29(44)35-22(16-25(42)47-18-20-11-8-7-9-12-20)30(45)41-23(15-21-13-10-14-33-27(21)41)28(43)34-17-24-37-39-40-38-24/h7-14,19,22-23,26H,6,15-18H2,1-5H3,(H,34,43)(H,35,44)(H,36,46)(H,37,38,39,40)/t19-,22-,23-,26-/m0/s1. The fourth-order valence-electron chi connectivity index (χ4n) is 4.99. The Balaban J connectivity index is 1.61. The van der Waals surface area contributed by atoms with Crippen LogP contribution in [-0.4, -0.2) is 79.1 Å². The lowest BCUT2D eigenvalue weighted by Gasteiger charge is -2.30. The molecule has 48 heavy (non-hydrogen) atoms. The molecule has 16 nitrogen and oxygen atoms in total. The van der Waals surface area contributed by atoms with Crippen molar-refractivity contribution in [2.75, 3.05) is 4.90 Å². The van der Waals surface area contributed by atoms with Gasteiger partial charge in [0.2, 0.25) is 11.8 Å². The van der Waals surface area contributed by atoms with Gasteiger partial charge >= 0.3 is 12.1 Å². The summed E-state index contributed by atoms with van der Waals surface area (Å²) in [6.45, 7) is 8.56. The average Bonchev–Trinajstić information content (AvgIpc) is 3.72. The van der Waals surface area contributed by atoms with Crippen LogP contribution in [0.3, 0.4) is 0 Å². The van der Waals surface area contributed by atoms with Crippen LogP contribution < -0.4 is 20.9 Å². The number of pyridine rings is 1. The van der Waals surface area contributed by atoms with Gasteiger partial charge in [0, 0.05) is 12.6 Å². The van der Waals surface area contributed by atoms with Crippen LogP contribution in [0, 0.1) is 5.92 Å². The third-order valence-corrected chi connectivity index (χ3v) is 7.57. The number of carbonyl (C=O) groups is 5. The van der Waals surface area contributed by atoms with E-state index in [4.69, 9.17) is 9.47 Å². The number of ether oxygens (including phenoxy) is 2. The summed E-state index contributed by atoms with van der Waals surface area (Å²) in [6, 6.07) is 8.72. The van der Waals surface area contributed by atoms with Gasteiger partial charge in [0.05, 0.1) is 13.0 Å². The maximum atomic E-state index is 14.4. The molecule has 3 heterocycles. The maximum absolute atomic E-state index is 14.4. The molecule has 4 N–H and O–H groups in total. The number of nitrogens with zero attached hydrogens (tertiary/aromatic N) is 5. The fraction of sp³-hybridized carbons (Fsp3) is 0.469. The molecule has 16 heteroatoms. The molecule has 4 atom stereocenters. The summed E-state index contributed by atoms with van der Waals surface area (Å²) in [5.74, 6) is -2.72. The maximum Gasteiger partial charge on any atom is 0.408 e. The number of hydrogen-bond donors (Lipinski definition) is 4. The van der Waals surface area contributed by atoms with E-state index in [0.717, 1.165) is 5.56 Å². The fourth-order valence-corrected chi connectivity index (χ4v) is 4.99. The number of carbonyl (C=O) groups excluding carboxylic acids is 5. The van der Waals surface area contributed by atoms with Gasteiger partial charge in [-0.1, -0.05) is 61.9 Å². The third kappa shape index (κ3) is 9.56. The molecule has 0 saturated heterocycles. The minimum Gasteiger partial charge on any atom is -0.461 e. The highest BCUT2D eigenvalue weighted by molar-refractivity contribution is 6.07. The normalized spacial score (nSPS) is 15.8. The number of nitrogens with one attached hydrogen (secondary N) is 4. The van der Waals surface area contributed by atoms with Gasteiger partial charge in [-0.2, -0.15) is 5.21 Å². The molecule has 0 unspecified atom stereocenters. The summed E-state index contributed by atoms with van der Waals surface area (Å²) in [5, 5.41) is 21.4. The zero-order chi connectivity index (χ0) is 34.8. The Morgan fingerprint density at radius 1 is 1.06 bits per heavy atom. The van der Waals surface area contributed by atoms with E-state index in [9.17, 15) is 24.0 Å². The molecule has 2 aromatic heterocycles. The lowest BCUT2D eigenvalue weighted by Crippen LogP contribution is -2.59. The molecule has 3 aromatic rings. The van der Waals surface area contributed by atoms with Crippen molar-refractivity contribution in [1.82, 2.24) is 41.6 Å². The number of hydrogen-bond acceptors (Lipinski definition) is 11. The SMILES string of the molecule is CC[C@H](C)[C@H](NC(=O)OC(C)(C)C)C(=O)N[C@@H](CC(=O)OCc1ccccc1)C(=O)N1c2ncccc2C[C@H]1C(=O)NCc1nn[nH]n1. The van der Waals surface area contributed by atoms with E-state index in [1.807, 2.05) is 13.0 Å². The first-order chi connectivity index (χ1) is 22.9. The Bertz CT molecular complexity index is 1580. The number of amides is 4. The van der Waals surface area contributed by atoms with Crippen LogP contribution in [0.1, 0.15) is 64.4 Å². The lowest BCUT2D eigenvalue weighted by atomic mass is 9.97. The van der Waals surface area contributed by atoms with E-state index in [0.29, 0.717) is 12.0 Å². The smallest absolute Gasteiger partial charge is 0.408 e. The lowest BCUT2D eigenvalue weighted by molar-refractivity contribution is -0.147. The number of H-pyrrole nitrogens is 1. The number of fused-ring (bicyclic) bond motifs is 1. The monoisotopic (exact) mass is 663 g/mol. The molecule has 1 aliphatic rings. The van der Waals surface area contributed by atoms with Crippen LogP contribution in [0.5, 0.6) is 0 Å². The van der Waals surface area contributed by atoms with E-state index in [1.165, 1.54) is 11.1 Å². The second kappa shape index (κ2) is 15.9. The van der Waals surface area contributed by atoms with Gasteiger partial charge in [-0.25, -0.2) is 9.78 Å². The second-order valence-electron chi connectivity index (χ2n) is 12.4. The largest absolute Gasteiger partial charge is 0.461 e. The predicted octanol–water partition coefficient (Wildman–Crippen LogP) is 1.73. The number of aromatic nitrogens is 5. The van der Waals surface area contributed by atoms with E-state index >= 15 is 0 Å². The third-order valence-electron chi connectivity index (χ3n) is 7.57. The average molecular weight is 664 g/mol. The van der Waals surface area contributed by atoms with Crippen molar-refractivity contribution in [3.8, 4) is 0 Å². The van der Waals surface area contributed by atoms with E-state index in [2.05, 4.69) is 41.6 Å². The zero-order valence-corrected chi connectivity index (χ0v) is 27.6. The number of benzene rings is 1. The molecule has 0 radical (unpaired) electrons. The van der Waals surface area contributed by atoms with Crippen molar-refractivity contribution < 1.29 is 33.4 Å². The number of rotatable bonds is 13. The van der Waals surface area contributed by atoms with Gasteiger partial charge in [-0.05, 0) is 43.9 Å². The molecule has 0 bridgehead atoms. The summed E-state index contributed by atoms with van der Waals surface area (Å²) >= 11 is 0. The first kappa shape index (κ1) is 35.4. The number of esters is 1. The van der Waals surface area contributed by atoms with E-state index in [1.54, 1.807) is 64.1 Å². The molecule has 1 aromatic carbocycles. The van der Waals surface area contributed by atoms with Crippen molar-refractivity contribution in [3.63, 3.8) is 0 Å². The number of alkyl carbamates (subject to hydrolysis) is 1. The first-order valence-corrected chi connectivity index (χ1v) is 15.6. The highest BCUT2D eigenvalue weighted by Crippen LogP contribution is 2.31. The molecule has 0 saturated carbocycles. The molecule has 1 aliphatic heterocycles. The molecule has 256 valence electrons. The predicted molar refractivity (Wildman–Crippen MR) is 171 cm³/mol. The highest BCUT2D eigenvalue weighted by atomic mass is 16.6. The Morgan fingerprint density at radius 3 is 2.48 bits per heavy atom. The first-order valence-electron chi connectivity index (χ1n) is 15.6. The number of aromatic amines is 1. The van der Waals surface area contributed by atoms with Gasteiger partial charge in [-0.3, -0.25) is 24.1 Å². The van der Waals surface area contributed by atoms with Gasteiger partial charge in [-0.15, -0.1) is 10.2 Å². The summed E-state index contributed by atoms with van der Waals surface area (Å²) in [7, 11) is 0. The van der Waals surface area contributed by atoms with Gasteiger partial charge in [0.1, 0.15) is 36.2 Å². The summed E-state index contributed by atoms with van der Waals surface area (Å²) in [5.41, 5.74) is 0.523. The zero-order valence-electron chi connectivity index (χ0n) is 27.6. The van der Waals surface area contributed by atoms with Crippen molar-refractivity contribution in [1.29, 1.82) is 0 Å². The van der Waals surface area contributed by atoms with Crippen LogP contribution in [-0.2, 0) is 48.2 Å². The van der Waals surface area contributed by atoms with Crippen molar-refractivity contribution in [2.24, 2.45) is 5.92 Å². The van der Waals surface area contributed by atoms with Gasteiger partial charge in [0.25, 0.3) is 5.91 Å². The van der Waals surface area contributed by atoms with Gasteiger partial charge in [0.15, 0.2) is 5.82 Å². The summed E-state index contributed by atoms with van der Waals surface area (Å²) in [4.78, 5) is 73.1. The van der Waals surface area contributed by atoms with Crippen LogP contribution in [0.25, 0.3) is 0 Å². The Kier molecular flexibility index (Phi) is 11.8. The van der Waals surface area contributed by atoms with Crippen LogP contribution in [0.2, 0.25) is 0 Å². The van der Waals surface area contributed by atoms with E-state index in [-0.39, 0.29) is 37.1 Å². The van der Waals surface area contributed by atoms with Gasteiger partial charge < -0.3 is 25.4 Å². The second-order valence-corrected chi connectivity index (χ2v) is 12.4. The molecule has 0 fully saturated rings. The molecule has 4 rings (SSSR count). The van der Waals surface area contributed by atoms with Crippen molar-refractivity contribution in [3.05, 3.63) is 65.6 Å². The molecule has 4 amide bonds. The minimum absolute atomic E-state index is 0.0561. The van der Waals surface area contributed by atoms with Crippen molar-refractivity contribution >= 4 is 35.6 Å². The molecular weight excluding hydrogens is 622 g/mol.